The van der Waals surface area contributed by atoms with Crippen molar-refractivity contribution in [2.45, 2.75) is 75.1 Å². The third-order valence-electron chi connectivity index (χ3n) is 9.06. The lowest BCUT2D eigenvalue weighted by Crippen LogP contribution is -2.55. The minimum absolute atomic E-state index is 0.0122. The van der Waals surface area contributed by atoms with Gasteiger partial charge in [-0.3, -0.25) is 24.1 Å². The molecule has 0 radical (unpaired) electrons. The molecule has 5 atom stereocenters. The number of anilines is 1. The monoisotopic (exact) mass is 839 g/mol. The number of oxime groups is 1. The Morgan fingerprint density at radius 3 is 2.45 bits per heavy atom. The summed E-state index contributed by atoms with van der Waals surface area (Å²) in [5.41, 5.74) is 5.06. The summed E-state index contributed by atoms with van der Waals surface area (Å²) in [4.78, 5) is 89.0. The van der Waals surface area contributed by atoms with Crippen molar-refractivity contribution in [2.24, 2.45) is 5.16 Å². The molecule has 4 rings (SSSR count). The van der Waals surface area contributed by atoms with Gasteiger partial charge >= 0.3 is 17.9 Å². The molecule has 0 spiro atoms. The van der Waals surface area contributed by atoms with Crippen LogP contribution in [0.5, 0.6) is 11.5 Å². The Bertz CT molecular complexity index is 1900. The van der Waals surface area contributed by atoms with Gasteiger partial charge in [0.25, 0.3) is 11.8 Å². The Balaban J connectivity index is 1.57. The maximum Gasteiger partial charge on any atom is 0.352 e. The van der Waals surface area contributed by atoms with Gasteiger partial charge in [-0.05, 0) is 37.5 Å². The number of nitrogens with zero attached hydrogens (tertiary/aromatic N) is 4. The second-order valence-electron chi connectivity index (χ2n) is 13.0. The predicted octanol–water partition coefficient (Wildman–Crippen LogP) is 1.92. The quantitative estimate of drug-likeness (QED) is 0.0766. The number of carbonyl (C=O) groups is 6. The number of nitrogens with two attached hydrogens (primary N) is 1. The number of carboxylic acids is 3. The van der Waals surface area contributed by atoms with Gasteiger partial charge in [-0.1, -0.05) is 37.0 Å². The number of hydrogen-bond donors (Lipinski definition) is 8. The van der Waals surface area contributed by atoms with Crippen LogP contribution < -0.4 is 16.4 Å². The van der Waals surface area contributed by atoms with Gasteiger partial charge in [0.2, 0.25) is 12.0 Å². The van der Waals surface area contributed by atoms with Gasteiger partial charge in [0.05, 0.1) is 11.4 Å². The van der Waals surface area contributed by atoms with Gasteiger partial charge < -0.3 is 51.6 Å². The number of thioether (sulfide) groups is 1. The molecule has 0 saturated carbocycles. The van der Waals surface area contributed by atoms with Crippen molar-refractivity contribution in [3.8, 4) is 11.5 Å². The van der Waals surface area contributed by atoms with E-state index in [1.54, 1.807) is 18.7 Å². The van der Waals surface area contributed by atoms with Gasteiger partial charge in [0, 0.05) is 53.7 Å². The summed E-state index contributed by atoms with van der Waals surface area (Å²) in [6.45, 7) is 6.57. The lowest BCUT2D eigenvalue weighted by Gasteiger charge is -2.33. The maximum absolute atomic E-state index is 13.7. The van der Waals surface area contributed by atoms with Crippen molar-refractivity contribution in [1.29, 1.82) is 0 Å². The highest BCUT2D eigenvalue weighted by Gasteiger charge is 2.38. The number of aromatic nitrogens is 1. The summed E-state index contributed by atoms with van der Waals surface area (Å²) < 4.78 is 0. The minimum Gasteiger partial charge on any atom is -0.504 e. The summed E-state index contributed by atoms with van der Waals surface area (Å²) in [6, 6.07) is 0.885. The molecule has 1 fully saturated rings. The van der Waals surface area contributed by atoms with E-state index in [-0.39, 0.29) is 46.2 Å². The number of thiazole rings is 1. The molecule has 0 aliphatic carbocycles. The van der Waals surface area contributed by atoms with Crippen LogP contribution in [-0.4, -0.2) is 137 Å². The van der Waals surface area contributed by atoms with E-state index in [1.165, 1.54) is 23.2 Å². The molecule has 0 bridgehead atoms. The van der Waals surface area contributed by atoms with Crippen LogP contribution in [0, 0.1) is 0 Å². The summed E-state index contributed by atoms with van der Waals surface area (Å²) in [6.07, 6.45) is -0.974. The first-order chi connectivity index (χ1) is 26.4. The molecular weight excluding hydrogens is 798 g/mol. The first-order valence-corrected chi connectivity index (χ1v) is 19.5. The Morgan fingerprint density at radius 2 is 1.86 bits per heavy atom. The van der Waals surface area contributed by atoms with E-state index in [0.717, 1.165) is 23.8 Å². The molecule has 19 nitrogen and oxygen atoms in total. The van der Waals surface area contributed by atoms with E-state index < -0.39 is 81.9 Å². The number of phenolic OH excluding ortho intramolecular Hbond substituents is 2. The molecule has 2 aliphatic heterocycles. The van der Waals surface area contributed by atoms with Gasteiger partial charge in [0.15, 0.2) is 22.3 Å². The average Bonchev–Trinajstić information content (AvgIpc) is 3.45. The molecule has 2 aromatic rings. The number of aromatic hydroxyl groups is 2. The summed E-state index contributed by atoms with van der Waals surface area (Å²) in [5.74, 6) is -7.98. The number of aliphatic carboxylic acids is 3. The number of nitrogens with one attached hydrogen (secondary N) is 2. The molecule has 2 aliphatic rings. The smallest absolute Gasteiger partial charge is 0.352 e. The molecule has 22 heteroatoms. The molecular formula is C34H42ClN7O12S2. The Labute approximate surface area is 333 Å². The molecule has 3 amide bonds. The van der Waals surface area contributed by atoms with Gasteiger partial charge in [-0.15, -0.1) is 23.1 Å². The normalized spacial score (nSPS) is 22.9. The molecule has 304 valence electrons. The number of nitrogen functional groups attached to an aromatic ring is 1. The van der Waals surface area contributed by atoms with Crippen LogP contribution in [0.3, 0.4) is 0 Å². The Morgan fingerprint density at radius 1 is 1.14 bits per heavy atom. The van der Waals surface area contributed by atoms with Crippen molar-refractivity contribution >= 4 is 81.2 Å². The average molecular weight is 840 g/mol. The third kappa shape index (κ3) is 10.8. The van der Waals surface area contributed by atoms with Crippen LogP contribution in [0.4, 0.5) is 5.13 Å². The highest BCUT2D eigenvalue weighted by molar-refractivity contribution is 8.00. The van der Waals surface area contributed by atoms with Crippen LogP contribution in [-0.2, 0) is 28.8 Å². The molecule has 1 saturated heterocycles. The van der Waals surface area contributed by atoms with E-state index in [1.807, 2.05) is 11.8 Å². The highest BCUT2D eigenvalue weighted by atomic mass is 35.5. The van der Waals surface area contributed by atoms with Gasteiger partial charge in [-0.2, -0.15) is 0 Å². The van der Waals surface area contributed by atoms with Crippen LogP contribution in [0.15, 0.2) is 33.9 Å². The fraction of sp³-hybridized carbons (Fsp3) is 0.471. The molecule has 1 aromatic heterocycles. The summed E-state index contributed by atoms with van der Waals surface area (Å²) in [5, 5.41) is 57.3. The number of carbonyl (C=O) groups excluding carboxylic acids is 3. The SMILES string of the molecule is CCCC1CCN(C/C2=C(\C(=O)O)NC(=O)C(NC(=O)/C(=N\O[C@@H](CC(=O)O)C(=O)O)c3csc(N)n3)[C@H](C)S[C@H]2C)CCN1C(=O)c1cc(O)c(O)c(Cl)c1. The third-order valence-corrected chi connectivity index (χ3v) is 11.4. The molecule has 2 unspecified atom stereocenters. The van der Waals surface area contributed by atoms with Crippen LogP contribution in [0.2, 0.25) is 5.02 Å². The van der Waals surface area contributed by atoms with Crippen molar-refractivity contribution < 1.29 is 59.1 Å². The van der Waals surface area contributed by atoms with Crippen molar-refractivity contribution in [3.63, 3.8) is 0 Å². The van der Waals surface area contributed by atoms with Gasteiger partial charge in [-0.25, -0.2) is 14.6 Å². The first-order valence-electron chi connectivity index (χ1n) is 17.3. The lowest BCUT2D eigenvalue weighted by molar-refractivity contribution is -0.156. The van der Waals surface area contributed by atoms with Crippen LogP contribution >= 0.6 is 34.7 Å². The highest BCUT2D eigenvalue weighted by Crippen LogP contribution is 2.35. The zero-order valence-corrected chi connectivity index (χ0v) is 32.8. The number of carboxylic acid groups (broad SMARTS) is 3. The number of rotatable bonds is 14. The first kappa shape index (κ1) is 43.6. The second-order valence-corrected chi connectivity index (χ2v) is 16.0. The fourth-order valence-corrected chi connectivity index (χ4v) is 8.33. The summed E-state index contributed by atoms with van der Waals surface area (Å²) >= 11 is 8.17. The number of hydrogen-bond acceptors (Lipinski definition) is 15. The predicted molar refractivity (Wildman–Crippen MR) is 205 cm³/mol. The maximum atomic E-state index is 13.7. The van der Waals surface area contributed by atoms with E-state index in [4.69, 9.17) is 27.3 Å². The number of halogens is 1. The van der Waals surface area contributed by atoms with Crippen molar-refractivity contribution in [3.05, 3.63) is 45.1 Å². The van der Waals surface area contributed by atoms with E-state index >= 15 is 0 Å². The fourth-order valence-electron chi connectivity index (χ4n) is 6.22. The second kappa shape index (κ2) is 19.2. The van der Waals surface area contributed by atoms with E-state index in [2.05, 4.69) is 20.8 Å². The number of amides is 3. The van der Waals surface area contributed by atoms with E-state index in [0.29, 0.717) is 31.5 Å². The van der Waals surface area contributed by atoms with Gasteiger partial charge in [0.1, 0.15) is 17.4 Å². The van der Waals surface area contributed by atoms with E-state index in [9.17, 15) is 49.2 Å². The van der Waals surface area contributed by atoms with Crippen molar-refractivity contribution in [2.75, 3.05) is 31.9 Å². The largest absolute Gasteiger partial charge is 0.504 e. The number of benzene rings is 1. The Kier molecular flexibility index (Phi) is 14.9. The zero-order chi connectivity index (χ0) is 41.4. The molecule has 1 aromatic carbocycles. The zero-order valence-electron chi connectivity index (χ0n) is 30.4. The van der Waals surface area contributed by atoms with Crippen LogP contribution in [0.25, 0.3) is 0 Å². The number of phenols is 2. The topological polar surface area (TPSA) is 295 Å². The lowest BCUT2D eigenvalue weighted by atomic mass is 10.0. The Hall–Kier alpha value is -5.12. The molecule has 3 heterocycles. The minimum atomic E-state index is -1.97. The molecule has 9 N–H and O–H groups in total. The van der Waals surface area contributed by atoms with Crippen molar-refractivity contribution in [1.82, 2.24) is 25.4 Å². The van der Waals surface area contributed by atoms with Crippen LogP contribution in [0.1, 0.15) is 62.5 Å². The standard InChI is InChI=1S/C34H42ClN7O12S2/c1-4-5-18-6-7-41(8-9-42(18)31(49)17-10-20(35)28(46)22(43)11-17)13-19-15(2)56-16(3)25(29(47)39-26(19)33(52)53)38-30(48)27(21-14-55-34(36)37-21)40-54-23(32(50)51)12-24(44)45/h10-11,14-16,18,23,25,43,46H,4-9,12-13H2,1-3H3,(H2,36,37)(H,38,48)(H,39,47)(H,44,45)(H,50,51)(H,52,53)/b26-19-,40-27-/t15-,16-,18?,23-,25?/m0/s1. The summed E-state index contributed by atoms with van der Waals surface area (Å²) in [7, 11) is 0. The molecule has 56 heavy (non-hydrogen) atoms.